The van der Waals surface area contributed by atoms with Gasteiger partial charge in [0.25, 0.3) is 0 Å². The van der Waals surface area contributed by atoms with Gasteiger partial charge in [0.1, 0.15) is 0 Å². The summed E-state index contributed by atoms with van der Waals surface area (Å²) >= 11 is 12.6. The Hall–Kier alpha value is -0.240. The van der Waals surface area contributed by atoms with Gasteiger partial charge in [0.15, 0.2) is 0 Å². The van der Waals surface area contributed by atoms with Gasteiger partial charge in [-0.05, 0) is 54.8 Å². The minimum atomic E-state index is 0.331. The average Bonchev–Trinajstić information content (AvgIpc) is 2.85. The smallest absolute Gasteiger partial charge is 0.0468 e. The molecule has 1 saturated carbocycles. The van der Waals surface area contributed by atoms with E-state index in [-0.39, 0.29) is 0 Å². The lowest BCUT2D eigenvalue weighted by Gasteiger charge is -2.40. The molecule has 1 aliphatic rings. The topological polar surface area (TPSA) is 12.0 Å². The fourth-order valence-corrected chi connectivity index (χ4v) is 4.62. The van der Waals surface area contributed by atoms with Crippen LogP contribution in [0, 0.1) is 11.3 Å². The lowest BCUT2D eigenvalue weighted by molar-refractivity contribution is 0.157. The van der Waals surface area contributed by atoms with Crippen molar-refractivity contribution in [1.29, 1.82) is 0 Å². The highest BCUT2D eigenvalue weighted by molar-refractivity contribution is 6.35. The van der Waals surface area contributed by atoms with E-state index >= 15 is 0 Å². The van der Waals surface area contributed by atoms with Crippen LogP contribution in [0.2, 0.25) is 10.0 Å². The van der Waals surface area contributed by atoms with Crippen molar-refractivity contribution < 1.29 is 0 Å². The predicted molar refractivity (Wildman–Crippen MR) is 93.2 cm³/mol. The highest BCUT2D eigenvalue weighted by Gasteiger charge is 2.42. The van der Waals surface area contributed by atoms with Crippen LogP contribution in [0.1, 0.15) is 64.5 Å². The maximum absolute atomic E-state index is 6.51. The summed E-state index contributed by atoms with van der Waals surface area (Å²) in [4.78, 5) is 0. The van der Waals surface area contributed by atoms with E-state index in [2.05, 4.69) is 32.2 Å². The third-order valence-corrected chi connectivity index (χ3v) is 5.27. The van der Waals surface area contributed by atoms with E-state index in [1.165, 1.54) is 37.7 Å². The van der Waals surface area contributed by atoms with E-state index < -0.39 is 0 Å². The van der Waals surface area contributed by atoms with Gasteiger partial charge in [0.2, 0.25) is 0 Å². The van der Waals surface area contributed by atoms with E-state index in [0.29, 0.717) is 22.4 Å². The minimum Gasteiger partial charge on any atom is -0.310 e. The summed E-state index contributed by atoms with van der Waals surface area (Å²) in [5, 5.41) is 5.23. The first-order chi connectivity index (χ1) is 9.98. The number of halogens is 2. The molecule has 0 spiro atoms. The quantitative estimate of drug-likeness (QED) is 0.651. The van der Waals surface area contributed by atoms with Crippen LogP contribution in [0.5, 0.6) is 0 Å². The van der Waals surface area contributed by atoms with Gasteiger partial charge in [-0.25, -0.2) is 0 Å². The molecule has 0 aromatic heterocycles. The largest absolute Gasteiger partial charge is 0.310 e. The molecular weight excluding hydrogens is 301 g/mol. The van der Waals surface area contributed by atoms with E-state index in [1.54, 1.807) is 0 Å². The Morgan fingerprint density at radius 2 is 1.86 bits per heavy atom. The Balaban J connectivity index is 2.39. The molecule has 0 aliphatic heterocycles. The van der Waals surface area contributed by atoms with Crippen molar-refractivity contribution in [3.05, 3.63) is 33.8 Å². The summed E-state index contributed by atoms with van der Waals surface area (Å²) in [5.41, 5.74) is 1.55. The van der Waals surface area contributed by atoms with Crippen molar-refractivity contribution in [1.82, 2.24) is 5.32 Å². The van der Waals surface area contributed by atoms with E-state index in [4.69, 9.17) is 23.2 Å². The van der Waals surface area contributed by atoms with Crippen LogP contribution in [-0.2, 0) is 0 Å². The molecule has 3 heteroatoms. The van der Waals surface area contributed by atoms with Crippen molar-refractivity contribution >= 4 is 23.2 Å². The molecule has 21 heavy (non-hydrogen) atoms. The van der Waals surface area contributed by atoms with Crippen molar-refractivity contribution in [2.75, 3.05) is 6.54 Å². The van der Waals surface area contributed by atoms with Crippen LogP contribution in [0.4, 0.5) is 0 Å². The minimum absolute atomic E-state index is 0.331. The molecule has 1 fully saturated rings. The molecular formula is C18H27Cl2N. The third kappa shape index (κ3) is 3.94. The van der Waals surface area contributed by atoms with Crippen molar-refractivity contribution in [3.8, 4) is 0 Å². The van der Waals surface area contributed by atoms with Crippen LogP contribution in [0.15, 0.2) is 18.2 Å². The Bertz CT molecular complexity index is 464. The molecule has 1 aromatic rings. The van der Waals surface area contributed by atoms with Crippen LogP contribution < -0.4 is 5.32 Å². The monoisotopic (exact) mass is 327 g/mol. The standard InChI is InChI=1S/C18H27Cl2N/c1-4-21-17(15-8-7-14(19)11-16(15)20)18(12-13(2)3)9-5-6-10-18/h7-8,11,13,17,21H,4-6,9-10,12H2,1-3H3. The van der Waals surface area contributed by atoms with Gasteiger partial charge in [-0.2, -0.15) is 0 Å². The van der Waals surface area contributed by atoms with Crippen molar-refractivity contribution in [2.45, 2.75) is 58.9 Å². The van der Waals surface area contributed by atoms with Crippen LogP contribution in [-0.4, -0.2) is 6.54 Å². The molecule has 1 unspecified atom stereocenters. The molecule has 1 N–H and O–H groups in total. The summed E-state index contributed by atoms with van der Waals surface area (Å²) in [5.74, 6) is 0.704. The first-order valence-corrected chi connectivity index (χ1v) is 8.92. The number of rotatable bonds is 6. The Labute approximate surface area is 139 Å². The normalized spacial score (nSPS) is 19.1. The second-order valence-corrected chi connectivity index (χ2v) is 7.67. The Morgan fingerprint density at radius 3 is 2.38 bits per heavy atom. The van der Waals surface area contributed by atoms with Gasteiger partial charge in [-0.1, -0.05) is 62.9 Å². The fourth-order valence-electron chi connectivity index (χ4n) is 4.10. The van der Waals surface area contributed by atoms with Crippen LogP contribution in [0.3, 0.4) is 0 Å². The lowest BCUT2D eigenvalue weighted by atomic mass is 9.70. The average molecular weight is 328 g/mol. The maximum atomic E-state index is 6.51. The number of hydrogen-bond donors (Lipinski definition) is 1. The number of nitrogens with one attached hydrogen (secondary N) is 1. The summed E-state index contributed by atoms with van der Waals surface area (Å²) in [6.07, 6.45) is 6.51. The second-order valence-electron chi connectivity index (χ2n) is 6.82. The molecule has 0 heterocycles. The number of hydrogen-bond acceptors (Lipinski definition) is 1. The zero-order chi connectivity index (χ0) is 15.5. The van der Waals surface area contributed by atoms with E-state index in [9.17, 15) is 0 Å². The molecule has 118 valence electrons. The molecule has 0 amide bonds. The molecule has 1 nitrogen and oxygen atoms in total. The zero-order valence-corrected chi connectivity index (χ0v) is 14.9. The highest BCUT2D eigenvalue weighted by Crippen LogP contribution is 2.52. The zero-order valence-electron chi connectivity index (χ0n) is 13.4. The van der Waals surface area contributed by atoms with Gasteiger partial charge in [-0.15, -0.1) is 0 Å². The molecule has 0 bridgehead atoms. The van der Waals surface area contributed by atoms with Crippen molar-refractivity contribution in [2.24, 2.45) is 11.3 Å². The SMILES string of the molecule is CCNC(c1ccc(Cl)cc1Cl)C1(CC(C)C)CCCC1. The second kappa shape index (κ2) is 7.35. The van der Waals surface area contributed by atoms with Gasteiger partial charge in [0.05, 0.1) is 0 Å². The molecule has 1 aliphatic carbocycles. The predicted octanol–water partition coefficient (Wildman–Crippen LogP) is 6.25. The first-order valence-electron chi connectivity index (χ1n) is 8.17. The Kier molecular flexibility index (Phi) is 5.99. The molecule has 1 atom stereocenters. The van der Waals surface area contributed by atoms with Crippen LogP contribution in [0.25, 0.3) is 0 Å². The molecule has 0 saturated heterocycles. The summed E-state index contributed by atoms with van der Waals surface area (Å²) in [6, 6.07) is 6.28. The maximum Gasteiger partial charge on any atom is 0.0468 e. The summed E-state index contributed by atoms with van der Waals surface area (Å²) < 4.78 is 0. The van der Waals surface area contributed by atoms with Crippen LogP contribution >= 0.6 is 23.2 Å². The highest BCUT2D eigenvalue weighted by atomic mass is 35.5. The van der Waals surface area contributed by atoms with Crippen molar-refractivity contribution in [3.63, 3.8) is 0 Å². The molecule has 0 radical (unpaired) electrons. The first kappa shape index (κ1) is 17.1. The lowest BCUT2D eigenvalue weighted by Crippen LogP contribution is -2.37. The summed E-state index contributed by atoms with van der Waals surface area (Å²) in [6.45, 7) is 7.79. The Morgan fingerprint density at radius 1 is 1.19 bits per heavy atom. The number of benzene rings is 1. The van der Waals surface area contributed by atoms with Gasteiger partial charge in [-0.3, -0.25) is 0 Å². The third-order valence-electron chi connectivity index (χ3n) is 4.71. The molecule has 1 aromatic carbocycles. The summed E-state index contributed by atoms with van der Waals surface area (Å²) in [7, 11) is 0. The van der Waals surface area contributed by atoms with Gasteiger partial charge in [0, 0.05) is 16.1 Å². The molecule has 2 rings (SSSR count). The van der Waals surface area contributed by atoms with Gasteiger partial charge >= 0.3 is 0 Å². The van der Waals surface area contributed by atoms with Gasteiger partial charge < -0.3 is 5.32 Å². The van der Waals surface area contributed by atoms with E-state index in [1.807, 2.05) is 12.1 Å². The fraction of sp³-hybridized carbons (Fsp3) is 0.667. The van der Waals surface area contributed by atoms with E-state index in [0.717, 1.165) is 11.6 Å².